The molecule has 6 heteroatoms. The van der Waals surface area contributed by atoms with E-state index in [4.69, 9.17) is 9.84 Å². The Morgan fingerprint density at radius 1 is 1.50 bits per heavy atom. The molecule has 0 spiro atoms. The number of ether oxygens (including phenoxy) is 1. The van der Waals surface area contributed by atoms with Crippen molar-refractivity contribution >= 4 is 5.97 Å². The molecule has 0 aromatic carbocycles. The van der Waals surface area contributed by atoms with Gasteiger partial charge in [0.2, 0.25) is 5.76 Å². The molecule has 1 heterocycles. The van der Waals surface area contributed by atoms with Crippen molar-refractivity contribution in [1.82, 2.24) is 10.1 Å². The van der Waals surface area contributed by atoms with Crippen LogP contribution in [0.4, 0.5) is 0 Å². The van der Waals surface area contributed by atoms with Crippen molar-refractivity contribution in [3.05, 3.63) is 11.8 Å². The summed E-state index contributed by atoms with van der Waals surface area (Å²) in [5, 5.41) is 12.4. The molecule has 1 N–H and O–H groups in total. The SMILES string of the molecule is CN(C)C1CCCCC1Oc1cc(C(=O)O)on1. The average Bonchev–Trinajstić information content (AvgIpc) is 2.78. The van der Waals surface area contributed by atoms with Gasteiger partial charge < -0.3 is 19.3 Å². The van der Waals surface area contributed by atoms with Crippen LogP contribution in [-0.4, -0.2) is 47.4 Å². The molecule has 2 atom stereocenters. The maximum atomic E-state index is 10.7. The van der Waals surface area contributed by atoms with Gasteiger partial charge in [0.25, 0.3) is 5.88 Å². The first-order valence-corrected chi connectivity index (χ1v) is 6.11. The van der Waals surface area contributed by atoms with Gasteiger partial charge in [0.1, 0.15) is 6.10 Å². The maximum Gasteiger partial charge on any atom is 0.374 e. The number of carboxylic acid groups (broad SMARTS) is 1. The monoisotopic (exact) mass is 254 g/mol. The topological polar surface area (TPSA) is 75.8 Å². The second kappa shape index (κ2) is 5.39. The van der Waals surface area contributed by atoms with Crippen molar-refractivity contribution in [3.8, 4) is 5.88 Å². The zero-order valence-corrected chi connectivity index (χ0v) is 10.6. The largest absolute Gasteiger partial charge is 0.475 e. The van der Waals surface area contributed by atoms with Gasteiger partial charge in [-0.05, 0) is 38.5 Å². The molecule has 0 aliphatic heterocycles. The smallest absolute Gasteiger partial charge is 0.374 e. The molecule has 2 unspecified atom stereocenters. The molecule has 0 bridgehead atoms. The molecule has 100 valence electrons. The summed E-state index contributed by atoms with van der Waals surface area (Å²) in [4.78, 5) is 12.8. The fourth-order valence-electron chi connectivity index (χ4n) is 2.38. The van der Waals surface area contributed by atoms with Crippen LogP contribution in [0, 0.1) is 0 Å². The first kappa shape index (κ1) is 12.9. The van der Waals surface area contributed by atoms with E-state index in [2.05, 4.69) is 14.6 Å². The first-order valence-electron chi connectivity index (χ1n) is 6.11. The summed E-state index contributed by atoms with van der Waals surface area (Å²) >= 11 is 0. The van der Waals surface area contributed by atoms with Crippen molar-refractivity contribution in [2.45, 2.75) is 37.8 Å². The highest BCUT2D eigenvalue weighted by Crippen LogP contribution is 2.26. The summed E-state index contributed by atoms with van der Waals surface area (Å²) in [5.74, 6) is -1.07. The molecule has 1 aliphatic carbocycles. The third-order valence-corrected chi connectivity index (χ3v) is 3.30. The Morgan fingerprint density at radius 2 is 2.22 bits per heavy atom. The van der Waals surface area contributed by atoms with Gasteiger partial charge in [0, 0.05) is 6.04 Å². The van der Waals surface area contributed by atoms with E-state index in [9.17, 15) is 4.79 Å². The highest BCUT2D eigenvalue weighted by atomic mass is 16.6. The van der Waals surface area contributed by atoms with Crippen LogP contribution < -0.4 is 4.74 Å². The molecule has 1 aromatic rings. The van der Waals surface area contributed by atoms with Gasteiger partial charge in [-0.3, -0.25) is 0 Å². The van der Waals surface area contributed by atoms with Gasteiger partial charge >= 0.3 is 5.97 Å². The molecule has 2 rings (SSSR count). The molecule has 6 nitrogen and oxygen atoms in total. The number of likely N-dealkylation sites (N-methyl/N-ethyl adjacent to an activating group) is 1. The van der Waals surface area contributed by atoms with Gasteiger partial charge in [-0.2, -0.15) is 0 Å². The Morgan fingerprint density at radius 3 is 2.83 bits per heavy atom. The minimum absolute atomic E-state index is 0.0421. The van der Waals surface area contributed by atoms with Crippen molar-refractivity contribution in [2.24, 2.45) is 0 Å². The Kier molecular flexibility index (Phi) is 3.86. The highest BCUT2D eigenvalue weighted by Gasteiger charge is 2.29. The Hall–Kier alpha value is -1.56. The van der Waals surface area contributed by atoms with Crippen molar-refractivity contribution in [1.29, 1.82) is 0 Å². The summed E-state index contributed by atoms with van der Waals surface area (Å²) in [6.45, 7) is 0. The summed E-state index contributed by atoms with van der Waals surface area (Å²) in [5.41, 5.74) is 0. The van der Waals surface area contributed by atoms with Gasteiger partial charge in [-0.25, -0.2) is 4.79 Å². The van der Waals surface area contributed by atoms with Gasteiger partial charge in [0.05, 0.1) is 6.07 Å². The lowest BCUT2D eigenvalue weighted by Crippen LogP contribution is -2.44. The van der Waals surface area contributed by atoms with Gasteiger partial charge in [0.15, 0.2) is 0 Å². The summed E-state index contributed by atoms with van der Waals surface area (Å²) in [7, 11) is 4.05. The summed E-state index contributed by atoms with van der Waals surface area (Å²) in [6, 6.07) is 1.66. The normalized spacial score (nSPS) is 24.2. The fourth-order valence-corrected chi connectivity index (χ4v) is 2.38. The lowest BCUT2D eigenvalue weighted by Gasteiger charge is -2.35. The molecule has 1 aliphatic rings. The quantitative estimate of drug-likeness (QED) is 0.880. The number of hydrogen-bond donors (Lipinski definition) is 1. The molecule has 1 fully saturated rings. The molecule has 0 amide bonds. The van der Waals surface area contributed by atoms with E-state index in [1.54, 1.807) is 0 Å². The van der Waals surface area contributed by atoms with Crippen LogP contribution in [0.5, 0.6) is 5.88 Å². The maximum absolute atomic E-state index is 10.7. The van der Waals surface area contributed by atoms with Crippen molar-refractivity contribution in [3.63, 3.8) is 0 Å². The van der Waals surface area contributed by atoms with Crippen LogP contribution in [0.3, 0.4) is 0 Å². The number of aromatic nitrogens is 1. The number of hydrogen-bond acceptors (Lipinski definition) is 5. The third kappa shape index (κ3) is 2.81. The highest BCUT2D eigenvalue weighted by molar-refractivity contribution is 5.84. The van der Waals surface area contributed by atoms with Crippen LogP contribution in [0.15, 0.2) is 10.6 Å². The van der Waals surface area contributed by atoms with Crippen LogP contribution in [-0.2, 0) is 0 Å². The van der Waals surface area contributed by atoms with Crippen LogP contribution in [0.25, 0.3) is 0 Å². The number of rotatable bonds is 4. The minimum atomic E-state index is -1.13. The molecular formula is C12H18N2O4. The third-order valence-electron chi connectivity index (χ3n) is 3.30. The van der Waals surface area contributed by atoms with E-state index in [1.165, 1.54) is 12.5 Å². The second-order valence-corrected chi connectivity index (χ2v) is 4.81. The van der Waals surface area contributed by atoms with E-state index < -0.39 is 5.97 Å². The van der Waals surface area contributed by atoms with E-state index in [0.717, 1.165) is 19.3 Å². The molecule has 1 saturated carbocycles. The lowest BCUT2D eigenvalue weighted by molar-refractivity contribution is 0.0557. The Bertz CT molecular complexity index is 416. The number of aromatic carboxylic acids is 1. The summed E-state index contributed by atoms with van der Waals surface area (Å²) in [6.07, 6.45) is 4.40. The Balaban J connectivity index is 2.03. The van der Waals surface area contributed by atoms with Crippen molar-refractivity contribution < 1.29 is 19.2 Å². The second-order valence-electron chi connectivity index (χ2n) is 4.81. The minimum Gasteiger partial charge on any atom is -0.475 e. The standard InChI is InChI=1S/C12H18N2O4/c1-14(2)8-5-3-4-6-9(8)17-11-7-10(12(15)16)18-13-11/h7-9H,3-6H2,1-2H3,(H,15,16). The zero-order chi connectivity index (χ0) is 13.1. The van der Waals surface area contributed by atoms with E-state index in [0.29, 0.717) is 6.04 Å². The van der Waals surface area contributed by atoms with Crippen molar-refractivity contribution in [2.75, 3.05) is 14.1 Å². The van der Waals surface area contributed by atoms with Gasteiger partial charge in [-0.15, -0.1) is 0 Å². The number of nitrogens with zero attached hydrogens (tertiary/aromatic N) is 2. The van der Waals surface area contributed by atoms with Crippen LogP contribution in [0.2, 0.25) is 0 Å². The molecular weight excluding hydrogens is 236 g/mol. The molecule has 1 aromatic heterocycles. The summed E-state index contributed by atoms with van der Waals surface area (Å²) < 4.78 is 10.4. The molecule has 18 heavy (non-hydrogen) atoms. The lowest BCUT2D eigenvalue weighted by atomic mass is 9.92. The van der Waals surface area contributed by atoms with Gasteiger partial charge in [-0.1, -0.05) is 6.42 Å². The van der Waals surface area contributed by atoms with E-state index >= 15 is 0 Å². The zero-order valence-electron chi connectivity index (χ0n) is 10.6. The first-order chi connectivity index (χ1) is 8.58. The van der Waals surface area contributed by atoms with E-state index in [1.807, 2.05) is 14.1 Å². The molecule has 0 radical (unpaired) electrons. The fraction of sp³-hybridized carbons (Fsp3) is 0.667. The number of carbonyl (C=O) groups is 1. The average molecular weight is 254 g/mol. The number of carboxylic acids is 1. The van der Waals surface area contributed by atoms with Crippen LogP contribution >= 0.6 is 0 Å². The molecule has 0 saturated heterocycles. The Labute approximate surface area is 106 Å². The predicted molar refractivity (Wildman–Crippen MR) is 63.8 cm³/mol. The van der Waals surface area contributed by atoms with E-state index in [-0.39, 0.29) is 17.7 Å². The predicted octanol–water partition coefficient (Wildman–Crippen LogP) is 1.62. The van der Waals surface area contributed by atoms with Crippen LogP contribution in [0.1, 0.15) is 36.2 Å².